The van der Waals surface area contributed by atoms with Crippen molar-refractivity contribution in [3.05, 3.63) is 29.3 Å². The molecule has 0 bridgehead atoms. The SMILES string of the molecule is CCOc1ccc(C2NCC2C)cc1C. The Kier molecular flexibility index (Phi) is 2.96. The van der Waals surface area contributed by atoms with Gasteiger partial charge in [-0.25, -0.2) is 0 Å². The summed E-state index contributed by atoms with van der Waals surface area (Å²) in [6.45, 7) is 8.28. The molecule has 2 nitrogen and oxygen atoms in total. The van der Waals surface area contributed by atoms with Gasteiger partial charge < -0.3 is 10.1 Å². The Balaban J connectivity index is 2.17. The fourth-order valence-electron chi connectivity index (χ4n) is 2.10. The highest BCUT2D eigenvalue weighted by Gasteiger charge is 2.27. The number of hydrogen-bond donors (Lipinski definition) is 1. The molecule has 0 spiro atoms. The highest BCUT2D eigenvalue weighted by Crippen LogP contribution is 2.31. The monoisotopic (exact) mass is 205 g/mol. The van der Waals surface area contributed by atoms with E-state index in [1.165, 1.54) is 11.1 Å². The maximum absolute atomic E-state index is 5.53. The van der Waals surface area contributed by atoms with Crippen molar-refractivity contribution in [1.82, 2.24) is 5.32 Å². The standard InChI is InChI=1S/C13H19NO/c1-4-15-12-6-5-11(7-9(12)2)13-10(3)8-14-13/h5-7,10,13-14H,4,8H2,1-3H3. The van der Waals surface area contributed by atoms with E-state index in [9.17, 15) is 0 Å². The summed E-state index contributed by atoms with van der Waals surface area (Å²) in [4.78, 5) is 0. The van der Waals surface area contributed by atoms with Gasteiger partial charge in [0.05, 0.1) is 6.61 Å². The van der Waals surface area contributed by atoms with Crippen LogP contribution < -0.4 is 10.1 Å². The van der Waals surface area contributed by atoms with E-state index < -0.39 is 0 Å². The maximum atomic E-state index is 5.53. The van der Waals surface area contributed by atoms with Crippen molar-refractivity contribution in [2.75, 3.05) is 13.2 Å². The fraction of sp³-hybridized carbons (Fsp3) is 0.538. The van der Waals surface area contributed by atoms with Gasteiger partial charge in [0.25, 0.3) is 0 Å². The zero-order valence-corrected chi connectivity index (χ0v) is 9.71. The van der Waals surface area contributed by atoms with E-state index >= 15 is 0 Å². The first-order valence-corrected chi connectivity index (χ1v) is 5.69. The number of rotatable bonds is 3. The minimum absolute atomic E-state index is 0.541. The summed E-state index contributed by atoms with van der Waals surface area (Å²) in [5.74, 6) is 1.76. The predicted octanol–water partition coefficient (Wildman–Crippen LogP) is 2.67. The second kappa shape index (κ2) is 4.23. The first-order valence-electron chi connectivity index (χ1n) is 5.69. The van der Waals surface area contributed by atoms with E-state index in [1.807, 2.05) is 6.92 Å². The molecule has 1 fully saturated rings. The van der Waals surface area contributed by atoms with Crippen LogP contribution in [0.25, 0.3) is 0 Å². The minimum Gasteiger partial charge on any atom is -0.494 e. The third kappa shape index (κ3) is 2.00. The van der Waals surface area contributed by atoms with Crippen LogP contribution in [-0.4, -0.2) is 13.2 Å². The van der Waals surface area contributed by atoms with Crippen LogP contribution in [0, 0.1) is 12.8 Å². The molecule has 1 heterocycles. The van der Waals surface area contributed by atoms with Gasteiger partial charge in [0.1, 0.15) is 5.75 Å². The lowest BCUT2D eigenvalue weighted by atomic mass is 9.87. The first-order chi connectivity index (χ1) is 7.22. The molecule has 2 unspecified atom stereocenters. The summed E-state index contributed by atoms with van der Waals surface area (Å²) < 4.78 is 5.53. The van der Waals surface area contributed by atoms with Gasteiger partial charge >= 0.3 is 0 Å². The molecule has 15 heavy (non-hydrogen) atoms. The largest absolute Gasteiger partial charge is 0.494 e. The van der Waals surface area contributed by atoms with Crippen molar-refractivity contribution >= 4 is 0 Å². The Labute approximate surface area is 91.6 Å². The Morgan fingerprint density at radius 3 is 2.73 bits per heavy atom. The highest BCUT2D eigenvalue weighted by molar-refractivity contribution is 5.38. The molecule has 2 rings (SSSR count). The number of aryl methyl sites for hydroxylation is 1. The van der Waals surface area contributed by atoms with Crippen LogP contribution in [0.2, 0.25) is 0 Å². The molecule has 1 aliphatic heterocycles. The Hall–Kier alpha value is -1.02. The zero-order valence-electron chi connectivity index (χ0n) is 9.71. The minimum atomic E-state index is 0.541. The molecule has 82 valence electrons. The molecule has 1 saturated heterocycles. The summed E-state index contributed by atoms with van der Waals surface area (Å²) >= 11 is 0. The number of hydrogen-bond acceptors (Lipinski definition) is 2. The highest BCUT2D eigenvalue weighted by atomic mass is 16.5. The van der Waals surface area contributed by atoms with Crippen molar-refractivity contribution in [1.29, 1.82) is 0 Å². The second-order valence-corrected chi connectivity index (χ2v) is 4.32. The summed E-state index contributed by atoms with van der Waals surface area (Å²) in [6, 6.07) is 7.03. The van der Waals surface area contributed by atoms with Gasteiger partial charge in [-0.2, -0.15) is 0 Å². The van der Waals surface area contributed by atoms with E-state index in [4.69, 9.17) is 4.74 Å². The molecule has 2 atom stereocenters. The Morgan fingerprint density at radius 1 is 1.47 bits per heavy atom. The van der Waals surface area contributed by atoms with Crippen molar-refractivity contribution in [2.24, 2.45) is 5.92 Å². The van der Waals surface area contributed by atoms with Crippen molar-refractivity contribution < 1.29 is 4.74 Å². The molecule has 1 aliphatic rings. The van der Waals surface area contributed by atoms with E-state index in [0.29, 0.717) is 6.04 Å². The van der Waals surface area contributed by atoms with Crippen molar-refractivity contribution in [2.45, 2.75) is 26.8 Å². The van der Waals surface area contributed by atoms with E-state index in [0.717, 1.165) is 24.8 Å². The lowest BCUT2D eigenvalue weighted by Crippen LogP contribution is -2.43. The smallest absolute Gasteiger partial charge is 0.122 e. The van der Waals surface area contributed by atoms with Gasteiger partial charge in [-0.05, 0) is 37.0 Å². The second-order valence-electron chi connectivity index (χ2n) is 4.32. The van der Waals surface area contributed by atoms with Gasteiger partial charge in [0.2, 0.25) is 0 Å². The third-order valence-corrected chi connectivity index (χ3v) is 3.09. The number of nitrogens with one attached hydrogen (secondary N) is 1. The van der Waals surface area contributed by atoms with Crippen LogP contribution in [0.4, 0.5) is 0 Å². The quantitative estimate of drug-likeness (QED) is 0.819. The topological polar surface area (TPSA) is 21.3 Å². The molecular formula is C13H19NO. The van der Waals surface area contributed by atoms with Gasteiger partial charge in [0, 0.05) is 12.6 Å². The van der Waals surface area contributed by atoms with Gasteiger partial charge in [-0.3, -0.25) is 0 Å². The Morgan fingerprint density at radius 2 is 2.27 bits per heavy atom. The molecule has 1 N–H and O–H groups in total. The molecule has 0 radical (unpaired) electrons. The molecule has 0 aromatic heterocycles. The molecule has 0 aliphatic carbocycles. The van der Waals surface area contributed by atoms with Gasteiger partial charge in [-0.15, -0.1) is 0 Å². The van der Waals surface area contributed by atoms with Crippen molar-refractivity contribution in [3.63, 3.8) is 0 Å². The predicted molar refractivity (Wildman–Crippen MR) is 62.3 cm³/mol. The number of benzene rings is 1. The van der Waals surface area contributed by atoms with Crippen LogP contribution in [0.15, 0.2) is 18.2 Å². The maximum Gasteiger partial charge on any atom is 0.122 e. The van der Waals surface area contributed by atoms with Crippen molar-refractivity contribution in [3.8, 4) is 5.75 Å². The molecule has 0 saturated carbocycles. The average molecular weight is 205 g/mol. The van der Waals surface area contributed by atoms with E-state index in [-0.39, 0.29) is 0 Å². The summed E-state index contributed by atoms with van der Waals surface area (Å²) in [7, 11) is 0. The van der Waals surface area contributed by atoms with Crippen LogP contribution in [0.1, 0.15) is 31.0 Å². The molecule has 1 aromatic rings. The summed E-state index contributed by atoms with van der Waals surface area (Å²) in [6.07, 6.45) is 0. The molecule has 0 amide bonds. The molecule has 1 aromatic carbocycles. The van der Waals surface area contributed by atoms with Crippen LogP contribution in [-0.2, 0) is 0 Å². The van der Waals surface area contributed by atoms with Crippen LogP contribution in [0.5, 0.6) is 5.75 Å². The fourth-order valence-corrected chi connectivity index (χ4v) is 2.10. The van der Waals surface area contributed by atoms with Gasteiger partial charge in [-0.1, -0.05) is 19.1 Å². The zero-order chi connectivity index (χ0) is 10.8. The first kappa shape index (κ1) is 10.5. The lowest BCUT2D eigenvalue weighted by molar-refractivity contribution is 0.258. The third-order valence-electron chi connectivity index (χ3n) is 3.09. The van der Waals surface area contributed by atoms with Crippen LogP contribution in [0.3, 0.4) is 0 Å². The van der Waals surface area contributed by atoms with Crippen LogP contribution >= 0.6 is 0 Å². The summed E-state index contributed by atoms with van der Waals surface area (Å²) in [5, 5.41) is 3.45. The van der Waals surface area contributed by atoms with E-state index in [2.05, 4.69) is 37.4 Å². The number of ether oxygens (including phenoxy) is 1. The molecular weight excluding hydrogens is 186 g/mol. The van der Waals surface area contributed by atoms with Gasteiger partial charge in [0.15, 0.2) is 0 Å². The summed E-state index contributed by atoms with van der Waals surface area (Å²) in [5.41, 5.74) is 2.62. The lowest BCUT2D eigenvalue weighted by Gasteiger charge is -2.36. The van der Waals surface area contributed by atoms with E-state index in [1.54, 1.807) is 0 Å². The normalized spacial score (nSPS) is 24.7. The molecule has 2 heteroatoms. The average Bonchev–Trinajstić information content (AvgIpc) is 2.20. The Bertz CT molecular complexity index is 348.